The van der Waals surface area contributed by atoms with E-state index in [1.54, 1.807) is 0 Å². The van der Waals surface area contributed by atoms with E-state index in [0.29, 0.717) is 32.9 Å². The molecular formula is C15H19NO3. The molecule has 0 saturated carbocycles. The molecule has 2 atom stereocenters. The first kappa shape index (κ1) is 12.6. The first-order valence-corrected chi connectivity index (χ1v) is 6.87. The Bertz CT molecular complexity index is 428. The number of carbonyl (C=O) groups is 1. The molecule has 102 valence electrons. The van der Waals surface area contributed by atoms with Crippen molar-refractivity contribution in [1.29, 1.82) is 0 Å². The molecule has 1 aromatic carbocycles. The lowest BCUT2D eigenvalue weighted by atomic mass is 10.0. The summed E-state index contributed by atoms with van der Waals surface area (Å²) in [6.45, 7) is 3.24. The van der Waals surface area contributed by atoms with E-state index >= 15 is 0 Å². The van der Waals surface area contributed by atoms with Crippen LogP contribution in [0.3, 0.4) is 0 Å². The lowest BCUT2D eigenvalue weighted by Gasteiger charge is -2.34. The molecule has 19 heavy (non-hydrogen) atoms. The number of benzene rings is 1. The Kier molecular flexibility index (Phi) is 3.80. The third kappa shape index (κ3) is 2.80. The van der Waals surface area contributed by atoms with Crippen molar-refractivity contribution >= 4 is 5.91 Å². The molecule has 2 fully saturated rings. The minimum absolute atomic E-state index is 0.00113. The first-order valence-electron chi connectivity index (χ1n) is 6.87. The second kappa shape index (κ2) is 5.72. The van der Waals surface area contributed by atoms with E-state index in [9.17, 15) is 4.79 Å². The predicted octanol–water partition coefficient (Wildman–Crippen LogP) is 1.62. The van der Waals surface area contributed by atoms with Crippen LogP contribution < -0.4 is 0 Å². The number of carbonyl (C=O) groups excluding carboxylic acids is 1. The zero-order chi connectivity index (χ0) is 13.1. The van der Waals surface area contributed by atoms with Crippen molar-refractivity contribution in [1.82, 2.24) is 4.90 Å². The van der Waals surface area contributed by atoms with Crippen LogP contribution in [0.4, 0.5) is 0 Å². The van der Waals surface area contributed by atoms with Gasteiger partial charge in [0.15, 0.2) is 0 Å². The van der Waals surface area contributed by atoms with Crippen molar-refractivity contribution < 1.29 is 14.3 Å². The van der Waals surface area contributed by atoms with E-state index in [-0.39, 0.29) is 17.9 Å². The van der Waals surface area contributed by atoms with Gasteiger partial charge in [0.25, 0.3) is 0 Å². The smallest absolute Gasteiger partial charge is 0.228 e. The van der Waals surface area contributed by atoms with E-state index in [2.05, 4.69) is 12.1 Å². The maximum Gasteiger partial charge on any atom is 0.228 e. The van der Waals surface area contributed by atoms with Crippen molar-refractivity contribution in [2.75, 3.05) is 32.9 Å². The maximum atomic E-state index is 12.4. The normalized spacial score (nSPS) is 27.5. The summed E-state index contributed by atoms with van der Waals surface area (Å²) in [7, 11) is 0. The Balaban J connectivity index is 1.66. The summed E-state index contributed by atoms with van der Waals surface area (Å²) in [5, 5.41) is 0. The number of hydrogen-bond donors (Lipinski definition) is 0. The fraction of sp³-hybridized carbons (Fsp3) is 0.533. The van der Waals surface area contributed by atoms with Gasteiger partial charge < -0.3 is 14.4 Å². The number of ether oxygens (including phenoxy) is 2. The van der Waals surface area contributed by atoms with Crippen LogP contribution >= 0.6 is 0 Å². The molecule has 3 rings (SSSR count). The van der Waals surface area contributed by atoms with Gasteiger partial charge in [-0.3, -0.25) is 4.79 Å². The van der Waals surface area contributed by atoms with Crippen molar-refractivity contribution in [2.24, 2.45) is 5.92 Å². The highest BCUT2D eigenvalue weighted by Gasteiger charge is 2.31. The average Bonchev–Trinajstić information content (AvgIpc) is 3.02. The number of morpholine rings is 1. The summed E-state index contributed by atoms with van der Waals surface area (Å²) in [5.41, 5.74) is 1.14. The molecular weight excluding hydrogens is 242 g/mol. The van der Waals surface area contributed by atoms with Crippen molar-refractivity contribution in [3.8, 4) is 0 Å². The number of rotatable bonds is 2. The second-order valence-electron chi connectivity index (χ2n) is 5.11. The van der Waals surface area contributed by atoms with Crippen LogP contribution in [0, 0.1) is 5.92 Å². The van der Waals surface area contributed by atoms with E-state index in [1.165, 1.54) is 0 Å². The van der Waals surface area contributed by atoms with Gasteiger partial charge in [-0.15, -0.1) is 0 Å². The van der Waals surface area contributed by atoms with Gasteiger partial charge in [0.1, 0.15) is 6.10 Å². The SMILES string of the molecule is O=C(C1CCOC1)N1CCOC(c2ccccc2)C1. The molecule has 2 saturated heterocycles. The zero-order valence-corrected chi connectivity index (χ0v) is 11.0. The molecule has 1 amide bonds. The maximum absolute atomic E-state index is 12.4. The third-order valence-corrected chi connectivity index (χ3v) is 3.83. The van der Waals surface area contributed by atoms with Crippen LogP contribution in [0.5, 0.6) is 0 Å². The zero-order valence-electron chi connectivity index (χ0n) is 11.0. The largest absolute Gasteiger partial charge is 0.381 e. The molecule has 2 unspecified atom stereocenters. The van der Waals surface area contributed by atoms with Crippen LogP contribution in [0.2, 0.25) is 0 Å². The molecule has 0 bridgehead atoms. The number of hydrogen-bond acceptors (Lipinski definition) is 3. The van der Waals surface area contributed by atoms with E-state index < -0.39 is 0 Å². The lowest BCUT2D eigenvalue weighted by Crippen LogP contribution is -2.45. The Hall–Kier alpha value is -1.39. The van der Waals surface area contributed by atoms with E-state index in [0.717, 1.165) is 12.0 Å². The third-order valence-electron chi connectivity index (χ3n) is 3.83. The molecule has 1 aromatic rings. The van der Waals surface area contributed by atoms with Gasteiger partial charge in [-0.1, -0.05) is 30.3 Å². The van der Waals surface area contributed by atoms with Crippen LogP contribution in [0.25, 0.3) is 0 Å². The van der Waals surface area contributed by atoms with Gasteiger partial charge in [0, 0.05) is 13.2 Å². The van der Waals surface area contributed by atoms with Crippen LogP contribution in [-0.4, -0.2) is 43.7 Å². The summed E-state index contributed by atoms with van der Waals surface area (Å²) >= 11 is 0. The molecule has 4 nitrogen and oxygen atoms in total. The highest BCUT2D eigenvalue weighted by atomic mass is 16.5. The van der Waals surface area contributed by atoms with Gasteiger partial charge in [-0.2, -0.15) is 0 Å². The van der Waals surface area contributed by atoms with Gasteiger partial charge in [0.2, 0.25) is 5.91 Å². The topological polar surface area (TPSA) is 38.8 Å². The molecule has 2 aliphatic rings. The highest BCUT2D eigenvalue weighted by molar-refractivity contribution is 5.79. The molecule has 0 aromatic heterocycles. The van der Waals surface area contributed by atoms with Gasteiger partial charge in [-0.25, -0.2) is 0 Å². The summed E-state index contributed by atoms with van der Waals surface area (Å²) in [6.07, 6.45) is 0.854. The fourth-order valence-corrected chi connectivity index (χ4v) is 2.71. The van der Waals surface area contributed by atoms with Gasteiger partial charge in [-0.05, 0) is 12.0 Å². The van der Waals surface area contributed by atoms with E-state index in [1.807, 2.05) is 23.1 Å². The molecule has 4 heteroatoms. The second-order valence-corrected chi connectivity index (χ2v) is 5.11. The van der Waals surface area contributed by atoms with Gasteiger partial charge >= 0.3 is 0 Å². The number of amides is 1. The standard InChI is InChI=1S/C15H19NO3/c17-15(13-6-8-18-11-13)16-7-9-19-14(10-16)12-4-2-1-3-5-12/h1-5,13-14H,6-11H2. The molecule has 0 radical (unpaired) electrons. The van der Waals surface area contributed by atoms with Gasteiger partial charge in [0.05, 0.1) is 25.7 Å². The molecule has 2 heterocycles. The van der Waals surface area contributed by atoms with Crippen LogP contribution in [0.15, 0.2) is 30.3 Å². The Morgan fingerprint density at radius 1 is 1.21 bits per heavy atom. The van der Waals surface area contributed by atoms with Crippen molar-refractivity contribution in [3.63, 3.8) is 0 Å². The molecule has 2 aliphatic heterocycles. The summed E-state index contributed by atoms with van der Waals surface area (Å²) < 4.78 is 11.1. The Labute approximate surface area is 113 Å². The monoisotopic (exact) mass is 261 g/mol. The lowest BCUT2D eigenvalue weighted by molar-refractivity contribution is -0.143. The summed E-state index contributed by atoms with van der Waals surface area (Å²) in [5.74, 6) is 0.274. The predicted molar refractivity (Wildman–Crippen MR) is 70.6 cm³/mol. The average molecular weight is 261 g/mol. The Morgan fingerprint density at radius 2 is 2.05 bits per heavy atom. The minimum atomic E-state index is 0.00113. The van der Waals surface area contributed by atoms with E-state index in [4.69, 9.17) is 9.47 Å². The van der Waals surface area contributed by atoms with Crippen LogP contribution in [0.1, 0.15) is 18.1 Å². The van der Waals surface area contributed by atoms with Crippen molar-refractivity contribution in [3.05, 3.63) is 35.9 Å². The quantitative estimate of drug-likeness (QED) is 0.812. The summed E-state index contributed by atoms with van der Waals surface area (Å²) in [6, 6.07) is 10.1. The Morgan fingerprint density at radius 3 is 2.79 bits per heavy atom. The highest BCUT2D eigenvalue weighted by Crippen LogP contribution is 2.24. The van der Waals surface area contributed by atoms with Crippen LogP contribution in [-0.2, 0) is 14.3 Å². The molecule has 0 N–H and O–H groups in total. The minimum Gasteiger partial charge on any atom is -0.381 e. The number of nitrogens with zero attached hydrogens (tertiary/aromatic N) is 1. The first-order chi connectivity index (χ1) is 9.34. The van der Waals surface area contributed by atoms with Crippen molar-refractivity contribution in [2.45, 2.75) is 12.5 Å². The summed E-state index contributed by atoms with van der Waals surface area (Å²) in [4.78, 5) is 14.3. The fourth-order valence-electron chi connectivity index (χ4n) is 2.71. The molecule has 0 spiro atoms. The molecule has 0 aliphatic carbocycles.